The lowest BCUT2D eigenvalue weighted by molar-refractivity contribution is -0.135. The Morgan fingerprint density at radius 2 is 2.29 bits per heavy atom. The van der Waals surface area contributed by atoms with E-state index >= 15 is 0 Å². The standard InChI is InChI=1S/C11H16N2O4/c1-8(4-5-9-3-2-6-17-9)13-11(16)12-7-10(14)15/h2-3,6,8H,4-5,7H2,1H3,(H,14,15)(H2,12,13,16). The maximum Gasteiger partial charge on any atom is 0.323 e. The summed E-state index contributed by atoms with van der Waals surface area (Å²) in [7, 11) is 0. The van der Waals surface area contributed by atoms with Gasteiger partial charge >= 0.3 is 12.0 Å². The van der Waals surface area contributed by atoms with Crippen molar-refractivity contribution in [2.24, 2.45) is 0 Å². The Hall–Kier alpha value is -1.98. The van der Waals surface area contributed by atoms with E-state index in [1.807, 2.05) is 19.1 Å². The second-order valence-electron chi connectivity index (χ2n) is 3.74. The fourth-order valence-corrected chi connectivity index (χ4v) is 1.32. The van der Waals surface area contributed by atoms with Gasteiger partial charge in [-0.1, -0.05) is 0 Å². The molecule has 1 rings (SSSR count). The summed E-state index contributed by atoms with van der Waals surface area (Å²) in [4.78, 5) is 21.4. The van der Waals surface area contributed by atoms with E-state index in [0.29, 0.717) is 0 Å². The molecule has 2 amide bonds. The Kier molecular flexibility index (Phi) is 5.06. The molecular formula is C11H16N2O4. The summed E-state index contributed by atoms with van der Waals surface area (Å²) in [5.74, 6) is -0.201. The van der Waals surface area contributed by atoms with Crippen LogP contribution in [0.15, 0.2) is 22.8 Å². The van der Waals surface area contributed by atoms with Crippen LogP contribution in [0.1, 0.15) is 19.1 Å². The average Bonchev–Trinajstić information content (AvgIpc) is 2.76. The smallest absolute Gasteiger partial charge is 0.323 e. The monoisotopic (exact) mass is 240 g/mol. The van der Waals surface area contributed by atoms with Crippen molar-refractivity contribution < 1.29 is 19.1 Å². The van der Waals surface area contributed by atoms with Gasteiger partial charge in [-0.15, -0.1) is 0 Å². The molecule has 0 aliphatic rings. The summed E-state index contributed by atoms with van der Waals surface area (Å²) in [6.45, 7) is 1.47. The second kappa shape index (κ2) is 6.57. The van der Waals surface area contributed by atoms with Crippen molar-refractivity contribution >= 4 is 12.0 Å². The molecule has 0 radical (unpaired) electrons. The number of carboxylic acid groups (broad SMARTS) is 1. The molecule has 0 aliphatic carbocycles. The molecule has 0 saturated carbocycles. The summed E-state index contributed by atoms with van der Waals surface area (Å²) < 4.78 is 5.16. The van der Waals surface area contributed by atoms with E-state index in [1.165, 1.54) is 0 Å². The molecule has 0 saturated heterocycles. The third kappa shape index (κ3) is 5.60. The summed E-state index contributed by atoms with van der Waals surface area (Å²) in [6.07, 6.45) is 3.06. The third-order valence-corrected chi connectivity index (χ3v) is 2.18. The predicted molar refractivity (Wildman–Crippen MR) is 60.7 cm³/mol. The number of aryl methyl sites for hydroxylation is 1. The molecule has 17 heavy (non-hydrogen) atoms. The van der Waals surface area contributed by atoms with Gasteiger partial charge in [-0.3, -0.25) is 4.79 Å². The quantitative estimate of drug-likeness (QED) is 0.691. The van der Waals surface area contributed by atoms with Crippen LogP contribution in [0.4, 0.5) is 4.79 Å². The lowest BCUT2D eigenvalue weighted by Crippen LogP contribution is -2.42. The first-order chi connectivity index (χ1) is 8.08. The Morgan fingerprint density at radius 1 is 1.53 bits per heavy atom. The van der Waals surface area contributed by atoms with Gasteiger partial charge in [0.25, 0.3) is 0 Å². The third-order valence-electron chi connectivity index (χ3n) is 2.18. The number of rotatable bonds is 6. The van der Waals surface area contributed by atoms with Crippen LogP contribution in [0.2, 0.25) is 0 Å². The van der Waals surface area contributed by atoms with Crippen molar-refractivity contribution in [1.82, 2.24) is 10.6 Å². The Balaban J connectivity index is 2.17. The predicted octanol–water partition coefficient (Wildman–Crippen LogP) is 0.984. The van der Waals surface area contributed by atoms with E-state index in [0.717, 1.165) is 18.6 Å². The number of urea groups is 1. The van der Waals surface area contributed by atoms with Crippen molar-refractivity contribution in [2.45, 2.75) is 25.8 Å². The molecule has 1 aromatic rings. The van der Waals surface area contributed by atoms with E-state index < -0.39 is 12.0 Å². The number of carbonyl (C=O) groups excluding carboxylic acids is 1. The number of amides is 2. The minimum atomic E-state index is -1.07. The molecule has 94 valence electrons. The van der Waals surface area contributed by atoms with Gasteiger partial charge in [0.2, 0.25) is 0 Å². The van der Waals surface area contributed by atoms with E-state index in [9.17, 15) is 9.59 Å². The molecule has 1 unspecified atom stereocenters. The number of carbonyl (C=O) groups is 2. The van der Waals surface area contributed by atoms with Crippen LogP contribution in [0, 0.1) is 0 Å². The summed E-state index contributed by atoms with van der Waals surface area (Å²) in [5, 5.41) is 13.2. The van der Waals surface area contributed by atoms with Gasteiger partial charge in [-0.2, -0.15) is 0 Å². The SMILES string of the molecule is CC(CCc1ccco1)NC(=O)NCC(=O)O. The zero-order valence-corrected chi connectivity index (χ0v) is 9.60. The van der Waals surface area contributed by atoms with Crippen LogP contribution in [0.25, 0.3) is 0 Å². The molecule has 3 N–H and O–H groups in total. The summed E-state index contributed by atoms with van der Waals surface area (Å²) in [6, 6.07) is 3.16. The van der Waals surface area contributed by atoms with Gasteiger partial charge in [0.05, 0.1) is 6.26 Å². The molecular weight excluding hydrogens is 224 g/mol. The van der Waals surface area contributed by atoms with E-state index in [-0.39, 0.29) is 12.6 Å². The lowest BCUT2D eigenvalue weighted by atomic mass is 10.1. The maximum atomic E-state index is 11.2. The van der Waals surface area contributed by atoms with Crippen LogP contribution in [-0.2, 0) is 11.2 Å². The highest BCUT2D eigenvalue weighted by Gasteiger charge is 2.08. The van der Waals surface area contributed by atoms with Gasteiger partial charge in [-0.25, -0.2) is 4.79 Å². The van der Waals surface area contributed by atoms with Crippen LogP contribution in [0.5, 0.6) is 0 Å². The largest absolute Gasteiger partial charge is 0.480 e. The summed E-state index contributed by atoms with van der Waals surface area (Å²) in [5.41, 5.74) is 0. The first kappa shape index (κ1) is 13.1. The molecule has 1 aromatic heterocycles. The first-order valence-corrected chi connectivity index (χ1v) is 5.36. The van der Waals surface area contributed by atoms with E-state index in [4.69, 9.17) is 9.52 Å². The van der Waals surface area contributed by atoms with E-state index in [2.05, 4.69) is 10.6 Å². The summed E-state index contributed by atoms with van der Waals surface area (Å²) >= 11 is 0. The zero-order valence-electron chi connectivity index (χ0n) is 9.60. The van der Waals surface area contributed by atoms with Crippen LogP contribution in [0.3, 0.4) is 0 Å². The number of hydrogen-bond donors (Lipinski definition) is 3. The van der Waals surface area contributed by atoms with Gasteiger partial charge in [0.15, 0.2) is 0 Å². The maximum absolute atomic E-state index is 11.2. The van der Waals surface area contributed by atoms with Crippen molar-refractivity contribution in [1.29, 1.82) is 0 Å². The number of aliphatic carboxylic acids is 1. The first-order valence-electron chi connectivity index (χ1n) is 5.36. The van der Waals surface area contributed by atoms with Crippen molar-refractivity contribution in [3.05, 3.63) is 24.2 Å². The fourth-order valence-electron chi connectivity index (χ4n) is 1.32. The molecule has 0 aliphatic heterocycles. The van der Waals surface area contributed by atoms with Crippen molar-refractivity contribution in [3.8, 4) is 0 Å². The molecule has 6 nitrogen and oxygen atoms in total. The van der Waals surface area contributed by atoms with Crippen molar-refractivity contribution in [3.63, 3.8) is 0 Å². The molecule has 0 spiro atoms. The molecule has 0 fully saturated rings. The number of hydrogen-bond acceptors (Lipinski definition) is 3. The molecule has 6 heteroatoms. The average molecular weight is 240 g/mol. The van der Waals surface area contributed by atoms with Crippen LogP contribution in [-0.4, -0.2) is 29.7 Å². The molecule has 1 heterocycles. The number of furan rings is 1. The van der Waals surface area contributed by atoms with Gasteiger partial charge < -0.3 is 20.2 Å². The lowest BCUT2D eigenvalue weighted by Gasteiger charge is -2.13. The Labute approximate surface area is 99.0 Å². The Bertz CT molecular complexity index is 362. The second-order valence-corrected chi connectivity index (χ2v) is 3.74. The zero-order chi connectivity index (χ0) is 12.7. The topological polar surface area (TPSA) is 91.6 Å². The number of carboxylic acids is 1. The fraction of sp³-hybridized carbons (Fsp3) is 0.455. The Morgan fingerprint density at radius 3 is 2.88 bits per heavy atom. The minimum Gasteiger partial charge on any atom is -0.480 e. The highest BCUT2D eigenvalue weighted by Crippen LogP contribution is 2.05. The molecule has 0 aromatic carbocycles. The molecule has 0 bridgehead atoms. The van der Waals surface area contributed by atoms with Crippen LogP contribution >= 0.6 is 0 Å². The normalized spacial score (nSPS) is 11.8. The van der Waals surface area contributed by atoms with Gasteiger partial charge in [-0.05, 0) is 25.5 Å². The van der Waals surface area contributed by atoms with Gasteiger partial charge in [0.1, 0.15) is 12.3 Å². The minimum absolute atomic E-state index is 0.0473. The highest BCUT2D eigenvalue weighted by atomic mass is 16.4. The van der Waals surface area contributed by atoms with E-state index in [1.54, 1.807) is 6.26 Å². The van der Waals surface area contributed by atoms with Gasteiger partial charge in [0, 0.05) is 12.5 Å². The molecule has 1 atom stereocenters. The van der Waals surface area contributed by atoms with Crippen molar-refractivity contribution in [2.75, 3.05) is 6.54 Å². The number of nitrogens with one attached hydrogen (secondary N) is 2. The highest BCUT2D eigenvalue weighted by molar-refractivity contribution is 5.79. The van der Waals surface area contributed by atoms with Crippen LogP contribution < -0.4 is 10.6 Å².